The lowest BCUT2D eigenvalue weighted by Crippen LogP contribution is -2.01. The van der Waals surface area contributed by atoms with E-state index in [9.17, 15) is 4.79 Å². The first-order valence-electron chi connectivity index (χ1n) is 4.70. The molecule has 0 saturated carbocycles. The van der Waals surface area contributed by atoms with Crippen molar-refractivity contribution in [2.24, 2.45) is 0 Å². The van der Waals surface area contributed by atoms with Crippen LogP contribution in [-0.2, 0) is 0 Å². The number of nitrogens with zero attached hydrogens (tertiary/aromatic N) is 1. The first-order chi connectivity index (χ1) is 7.16. The van der Waals surface area contributed by atoms with Crippen molar-refractivity contribution in [1.82, 2.24) is 4.98 Å². The van der Waals surface area contributed by atoms with Crippen LogP contribution in [0.3, 0.4) is 0 Å². The van der Waals surface area contributed by atoms with Crippen molar-refractivity contribution in [3.05, 3.63) is 51.5 Å². The van der Waals surface area contributed by atoms with Gasteiger partial charge in [-0.05, 0) is 19.9 Å². The standard InChI is InChI=1S/C12H11NOS/c1-8-4-3-5-10(6-8)12(14)11-7-15-9(2)13-11/h3-7H,1-2H3. The fourth-order valence-corrected chi connectivity index (χ4v) is 1.99. The quantitative estimate of drug-likeness (QED) is 0.724. The molecule has 0 aliphatic heterocycles. The molecule has 1 aromatic carbocycles. The van der Waals surface area contributed by atoms with E-state index in [1.807, 2.05) is 38.1 Å². The minimum absolute atomic E-state index is 0.00282. The fourth-order valence-electron chi connectivity index (χ4n) is 1.40. The van der Waals surface area contributed by atoms with Crippen LogP contribution in [0.15, 0.2) is 29.6 Å². The van der Waals surface area contributed by atoms with E-state index in [2.05, 4.69) is 4.98 Å². The molecule has 0 bridgehead atoms. The molecule has 2 aromatic rings. The number of aromatic nitrogens is 1. The molecule has 0 N–H and O–H groups in total. The summed E-state index contributed by atoms with van der Waals surface area (Å²) < 4.78 is 0. The van der Waals surface area contributed by atoms with E-state index in [0.717, 1.165) is 10.6 Å². The van der Waals surface area contributed by atoms with Gasteiger partial charge in [0.05, 0.1) is 5.01 Å². The Bertz CT molecular complexity index is 502. The van der Waals surface area contributed by atoms with Gasteiger partial charge >= 0.3 is 0 Å². The maximum Gasteiger partial charge on any atom is 0.212 e. The summed E-state index contributed by atoms with van der Waals surface area (Å²) >= 11 is 1.50. The number of thiazole rings is 1. The van der Waals surface area contributed by atoms with Gasteiger partial charge in [0.15, 0.2) is 0 Å². The largest absolute Gasteiger partial charge is 0.287 e. The Morgan fingerprint density at radius 2 is 2.13 bits per heavy atom. The maximum absolute atomic E-state index is 12.0. The van der Waals surface area contributed by atoms with Gasteiger partial charge in [-0.15, -0.1) is 11.3 Å². The molecule has 0 amide bonds. The molecule has 0 aliphatic carbocycles. The SMILES string of the molecule is Cc1cccc(C(=O)c2csc(C)n2)c1. The zero-order valence-corrected chi connectivity index (χ0v) is 9.47. The van der Waals surface area contributed by atoms with Crippen LogP contribution in [0.25, 0.3) is 0 Å². The second kappa shape index (κ2) is 3.95. The van der Waals surface area contributed by atoms with E-state index >= 15 is 0 Å². The molecule has 76 valence electrons. The van der Waals surface area contributed by atoms with E-state index < -0.39 is 0 Å². The molecule has 0 aliphatic rings. The molecule has 0 saturated heterocycles. The Hall–Kier alpha value is -1.48. The number of hydrogen-bond acceptors (Lipinski definition) is 3. The van der Waals surface area contributed by atoms with Gasteiger partial charge in [-0.25, -0.2) is 4.98 Å². The zero-order valence-electron chi connectivity index (χ0n) is 8.65. The van der Waals surface area contributed by atoms with Gasteiger partial charge in [0, 0.05) is 10.9 Å². The summed E-state index contributed by atoms with van der Waals surface area (Å²) in [6, 6.07) is 7.58. The molecule has 0 spiro atoms. The number of aryl methyl sites for hydroxylation is 2. The molecular formula is C12H11NOS. The second-order valence-electron chi connectivity index (χ2n) is 3.45. The van der Waals surface area contributed by atoms with Gasteiger partial charge in [-0.1, -0.05) is 23.8 Å². The van der Waals surface area contributed by atoms with Crippen LogP contribution in [0.1, 0.15) is 26.6 Å². The third-order valence-corrected chi connectivity index (χ3v) is 2.91. The lowest BCUT2D eigenvalue weighted by atomic mass is 10.1. The van der Waals surface area contributed by atoms with Crippen LogP contribution >= 0.6 is 11.3 Å². The Morgan fingerprint density at radius 1 is 1.33 bits per heavy atom. The minimum Gasteiger partial charge on any atom is -0.287 e. The molecule has 2 nitrogen and oxygen atoms in total. The number of carbonyl (C=O) groups is 1. The van der Waals surface area contributed by atoms with Gasteiger partial charge in [-0.3, -0.25) is 4.79 Å². The van der Waals surface area contributed by atoms with E-state index in [4.69, 9.17) is 0 Å². The van der Waals surface area contributed by atoms with Gasteiger partial charge in [-0.2, -0.15) is 0 Å². The van der Waals surface area contributed by atoms with Crippen molar-refractivity contribution in [3.8, 4) is 0 Å². The summed E-state index contributed by atoms with van der Waals surface area (Å²) in [5.41, 5.74) is 2.34. The Kier molecular flexibility index (Phi) is 2.64. The smallest absolute Gasteiger partial charge is 0.212 e. The second-order valence-corrected chi connectivity index (χ2v) is 4.51. The summed E-state index contributed by atoms with van der Waals surface area (Å²) in [5.74, 6) is 0.00282. The molecule has 2 rings (SSSR count). The van der Waals surface area contributed by atoms with E-state index in [0.29, 0.717) is 11.3 Å². The molecule has 0 atom stereocenters. The molecule has 0 unspecified atom stereocenters. The monoisotopic (exact) mass is 217 g/mol. The van der Waals surface area contributed by atoms with Crippen LogP contribution in [0.4, 0.5) is 0 Å². The average Bonchev–Trinajstić information content (AvgIpc) is 2.64. The van der Waals surface area contributed by atoms with E-state index in [-0.39, 0.29) is 5.78 Å². The number of rotatable bonds is 2. The predicted octanol–water partition coefficient (Wildman–Crippen LogP) is 2.99. The summed E-state index contributed by atoms with van der Waals surface area (Å²) in [6.45, 7) is 3.88. The lowest BCUT2D eigenvalue weighted by molar-refractivity contribution is 0.103. The number of carbonyl (C=O) groups excluding carboxylic acids is 1. The third-order valence-electron chi connectivity index (χ3n) is 2.13. The fraction of sp³-hybridized carbons (Fsp3) is 0.167. The Morgan fingerprint density at radius 3 is 2.73 bits per heavy atom. The summed E-state index contributed by atoms with van der Waals surface area (Å²) in [4.78, 5) is 16.1. The zero-order chi connectivity index (χ0) is 10.8. The van der Waals surface area contributed by atoms with Crippen LogP contribution < -0.4 is 0 Å². The van der Waals surface area contributed by atoms with E-state index in [1.54, 1.807) is 5.38 Å². The summed E-state index contributed by atoms with van der Waals surface area (Å²) in [7, 11) is 0. The van der Waals surface area contributed by atoms with Crippen molar-refractivity contribution in [3.63, 3.8) is 0 Å². The van der Waals surface area contributed by atoms with Crippen LogP contribution in [0.2, 0.25) is 0 Å². The highest BCUT2D eigenvalue weighted by Gasteiger charge is 2.11. The number of ketones is 1. The van der Waals surface area contributed by atoms with Crippen molar-refractivity contribution in [2.45, 2.75) is 13.8 Å². The van der Waals surface area contributed by atoms with E-state index in [1.165, 1.54) is 11.3 Å². The molecule has 0 fully saturated rings. The van der Waals surface area contributed by atoms with Crippen molar-refractivity contribution in [1.29, 1.82) is 0 Å². The Labute approximate surface area is 92.6 Å². The first kappa shape index (κ1) is 10.1. The van der Waals surface area contributed by atoms with Gasteiger partial charge in [0.25, 0.3) is 0 Å². The topological polar surface area (TPSA) is 30.0 Å². The number of hydrogen-bond donors (Lipinski definition) is 0. The minimum atomic E-state index is 0.00282. The third kappa shape index (κ3) is 2.13. The maximum atomic E-state index is 12.0. The van der Waals surface area contributed by atoms with Crippen LogP contribution in [0.5, 0.6) is 0 Å². The molecule has 0 radical (unpaired) electrons. The average molecular weight is 217 g/mol. The predicted molar refractivity (Wildman–Crippen MR) is 61.5 cm³/mol. The summed E-state index contributed by atoms with van der Waals surface area (Å²) in [5, 5.41) is 2.73. The molecule has 15 heavy (non-hydrogen) atoms. The highest BCUT2D eigenvalue weighted by molar-refractivity contribution is 7.09. The van der Waals surface area contributed by atoms with Gasteiger partial charge < -0.3 is 0 Å². The van der Waals surface area contributed by atoms with Crippen molar-refractivity contribution in [2.75, 3.05) is 0 Å². The Balaban J connectivity index is 2.36. The highest BCUT2D eigenvalue weighted by atomic mass is 32.1. The molecule has 1 aromatic heterocycles. The van der Waals surface area contributed by atoms with Gasteiger partial charge in [0.1, 0.15) is 5.69 Å². The molecular weight excluding hydrogens is 206 g/mol. The van der Waals surface area contributed by atoms with Crippen molar-refractivity contribution >= 4 is 17.1 Å². The van der Waals surface area contributed by atoms with Crippen LogP contribution in [0, 0.1) is 13.8 Å². The van der Waals surface area contributed by atoms with Gasteiger partial charge in [0.2, 0.25) is 5.78 Å². The van der Waals surface area contributed by atoms with Crippen molar-refractivity contribution < 1.29 is 4.79 Å². The van der Waals surface area contributed by atoms with Crippen LogP contribution in [-0.4, -0.2) is 10.8 Å². The number of benzene rings is 1. The highest BCUT2D eigenvalue weighted by Crippen LogP contribution is 2.14. The normalized spacial score (nSPS) is 10.3. The summed E-state index contributed by atoms with van der Waals surface area (Å²) in [6.07, 6.45) is 0. The first-order valence-corrected chi connectivity index (χ1v) is 5.58. The lowest BCUT2D eigenvalue weighted by Gasteiger charge is -1.98. The molecule has 1 heterocycles. The molecule has 3 heteroatoms.